The molecule has 0 spiro atoms. The molecule has 0 saturated carbocycles. The van der Waals surface area contributed by atoms with Gasteiger partial charge in [-0.25, -0.2) is 5.43 Å². The molecule has 4 rings (SSSR count). The van der Waals surface area contributed by atoms with Crippen LogP contribution < -0.4 is 10.2 Å². The number of fused-ring (bicyclic) bond motifs is 1. The molecule has 0 radical (unpaired) electrons. The maximum atomic E-state index is 12.3. The number of aromatic amines is 1. The fraction of sp³-hybridized carbons (Fsp3) is 0.0417. The van der Waals surface area contributed by atoms with Crippen molar-refractivity contribution in [1.82, 2.24) is 15.6 Å². The van der Waals surface area contributed by atoms with Gasteiger partial charge >= 0.3 is 0 Å². The molecule has 1 amide bonds. The number of aromatic nitrogens is 2. The number of carbonyl (C=O) groups excluding carboxylic acids is 1. The summed E-state index contributed by atoms with van der Waals surface area (Å²) in [7, 11) is 1.62. The van der Waals surface area contributed by atoms with Gasteiger partial charge in [-0.05, 0) is 35.1 Å². The minimum Gasteiger partial charge on any atom is -0.496 e. The van der Waals surface area contributed by atoms with Gasteiger partial charge in [0.25, 0.3) is 5.91 Å². The SMILES string of the molecule is COc1ccccc1C=CC=NNC(=O)c1cc(-c2cccc3ccccc23)n[nH]1. The Morgan fingerprint density at radius 2 is 1.87 bits per heavy atom. The largest absolute Gasteiger partial charge is 0.496 e. The molecule has 30 heavy (non-hydrogen) atoms. The first-order valence-corrected chi connectivity index (χ1v) is 9.43. The average molecular weight is 396 g/mol. The fourth-order valence-corrected chi connectivity index (χ4v) is 3.17. The smallest absolute Gasteiger partial charge is 0.289 e. The zero-order valence-corrected chi connectivity index (χ0v) is 16.4. The lowest BCUT2D eigenvalue weighted by Crippen LogP contribution is -2.17. The highest BCUT2D eigenvalue weighted by Gasteiger charge is 2.12. The molecule has 1 aromatic heterocycles. The van der Waals surface area contributed by atoms with Crippen molar-refractivity contribution in [1.29, 1.82) is 0 Å². The van der Waals surface area contributed by atoms with Crippen LogP contribution in [0.5, 0.6) is 5.75 Å². The van der Waals surface area contributed by atoms with E-state index >= 15 is 0 Å². The Balaban J connectivity index is 1.43. The van der Waals surface area contributed by atoms with Gasteiger partial charge in [-0.15, -0.1) is 0 Å². The number of hydrogen-bond donors (Lipinski definition) is 2. The summed E-state index contributed by atoms with van der Waals surface area (Å²) < 4.78 is 5.29. The Kier molecular flexibility index (Phi) is 5.66. The molecule has 0 saturated heterocycles. The average Bonchev–Trinajstić information content (AvgIpc) is 3.29. The van der Waals surface area contributed by atoms with Crippen molar-refractivity contribution < 1.29 is 9.53 Å². The molecule has 2 N–H and O–H groups in total. The number of rotatable bonds is 6. The third-order valence-electron chi connectivity index (χ3n) is 4.63. The van der Waals surface area contributed by atoms with Crippen molar-refractivity contribution in [3.8, 4) is 17.0 Å². The normalized spacial score (nSPS) is 11.4. The van der Waals surface area contributed by atoms with Gasteiger partial charge in [0.15, 0.2) is 0 Å². The van der Waals surface area contributed by atoms with Crippen molar-refractivity contribution in [2.45, 2.75) is 0 Å². The molecule has 6 nitrogen and oxygen atoms in total. The molecule has 0 atom stereocenters. The number of nitrogens with zero attached hydrogens (tertiary/aromatic N) is 2. The second kappa shape index (κ2) is 8.87. The van der Waals surface area contributed by atoms with Gasteiger partial charge in [-0.3, -0.25) is 9.89 Å². The molecule has 0 aliphatic carbocycles. The van der Waals surface area contributed by atoms with Crippen LogP contribution in [0.25, 0.3) is 28.1 Å². The summed E-state index contributed by atoms with van der Waals surface area (Å²) in [5, 5.41) is 13.2. The Morgan fingerprint density at radius 3 is 2.77 bits per heavy atom. The second-order valence-electron chi connectivity index (χ2n) is 6.51. The first kappa shape index (κ1) is 19.1. The molecule has 0 fully saturated rings. The minimum absolute atomic E-state index is 0.337. The number of nitrogens with one attached hydrogen (secondary N) is 2. The number of H-pyrrole nitrogens is 1. The van der Waals surface area contributed by atoms with Gasteiger partial charge in [0, 0.05) is 17.3 Å². The zero-order chi connectivity index (χ0) is 20.8. The third kappa shape index (κ3) is 4.12. The molecule has 4 aromatic rings. The van der Waals surface area contributed by atoms with E-state index in [2.05, 4.69) is 20.7 Å². The highest BCUT2D eigenvalue weighted by Crippen LogP contribution is 2.27. The molecule has 0 unspecified atom stereocenters. The Morgan fingerprint density at radius 1 is 1.07 bits per heavy atom. The lowest BCUT2D eigenvalue weighted by molar-refractivity contribution is 0.0950. The lowest BCUT2D eigenvalue weighted by atomic mass is 10.0. The van der Waals surface area contributed by atoms with Gasteiger partial charge in [-0.1, -0.05) is 60.7 Å². The monoisotopic (exact) mass is 396 g/mol. The second-order valence-corrected chi connectivity index (χ2v) is 6.51. The van der Waals surface area contributed by atoms with Crippen LogP contribution >= 0.6 is 0 Å². The number of para-hydroxylation sites is 1. The quantitative estimate of drug-likeness (QED) is 0.367. The molecule has 148 valence electrons. The van der Waals surface area contributed by atoms with E-state index in [-0.39, 0.29) is 5.91 Å². The number of hydrazone groups is 1. The lowest BCUT2D eigenvalue weighted by Gasteiger charge is -2.02. The summed E-state index contributed by atoms with van der Waals surface area (Å²) in [4.78, 5) is 12.3. The Bertz CT molecular complexity index is 1240. The third-order valence-corrected chi connectivity index (χ3v) is 4.63. The summed E-state index contributed by atoms with van der Waals surface area (Å²) in [6.07, 6.45) is 5.09. The summed E-state index contributed by atoms with van der Waals surface area (Å²) in [5.41, 5.74) is 5.42. The Hall–Kier alpha value is -4.19. The summed E-state index contributed by atoms with van der Waals surface area (Å²) in [5.74, 6) is 0.403. The highest BCUT2D eigenvalue weighted by atomic mass is 16.5. The van der Waals surface area contributed by atoms with E-state index in [4.69, 9.17) is 4.74 Å². The molecule has 0 aliphatic heterocycles. The molecule has 3 aromatic carbocycles. The van der Waals surface area contributed by atoms with Gasteiger partial charge in [0.05, 0.1) is 12.8 Å². The number of amides is 1. The van der Waals surface area contributed by atoms with Crippen LogP contribution in [0.4, 0.5) is 0 Å². The van der Waals surface area contributed by atoms with E-state index in [1.165, 1.54) is 6.21 Å². The topological polar surface area (TPSA) is 79.4 Å². The van der Waals surface area contributed by atoms with Crippen molar-refractivity contribution >= 4 is 29.0 Å². The van der Waals surface area contributed by atoms with Crippen molar-refractivity contribution in [3.63, 3.8) is 0 Å². The summed E-state index contributed by atoms with van der Waals surface area (Å²) in [6, 6.07) is 23.4. The molecule has 1 heterocycles. The molecule has 0 bridgehead atoms. The van der Waals surface area contributed by atoms with Crippen molar-refractivity contribution in [2.75, 3.05) is 7.11 Å². The number of carbonyl (C=O) groups is 1. The minimum atomic E-state index is -0.365. The Labute approximate surface area is 173 Å². The van der Waals surface area contributed by atoms with Crippen LogP contribution in [0.1, 0.15) is 16.1 Å². The van der Waals surface area contributed by atoms with Gasteiger partial charge in [0.1, 0.15) is 11.4 Å². The van der Waals surface area contributed by atoms with E-state index in [1.54, 1.807) is 19.3 Å². The molecular weight excluding hydrogens is 376 g/mol. The zero-order valence-electron chi connectivity index (χ0n) is 16.4. The van der Waals surface area contributed by atoms with Crippen molar-refractivity contribution in [2.24, 2.45) is 5.10 Å². The number of benzene rings is 3. The van der Waals surface area contributed by atoms with Crippen LogP contribution in [0.3, 0.4) is 0 Å². The standard InChI is InChI=1S/C24H20N4O2/c1-30-23-14-5-3-9-18(23)11-7-15-25-28-24(29)22-16-21(26-27-22)20-13-6-10-17-8-2-4-12-19(17)20/h2-16H,1H3,(H,26,27)(H,28,29). The molecule has 0 aliphatic rings. The van der Waals surface area contributed by atoms with Crippen molar-refractivity contribution in [3.05, 3.63) is 90.1 Å². The number of hydrogen-bond acceptors (Lipinski definition) is 4. The fourth-order valence-electron chi connectivity index (χ4n) is 3.17. The predicted octanol–water partition coefficient (Wildman–Crippen LogP) is 4.67. The highest BCUT2D eigenvalue weighted by molar-refractivity contribution is 5.98. The first-order chi connectivity index (χ1) is 14.8. The van der Waals surface area contributed by atoms with E-state index in [0.717, 1.165) is 27.6 Å². The molecule has 6 heteroatoms. The summed E-state index contributed by atoms with van der Waals surface area (Å²) in [6.45, 7) is 0. The maximum Gasteiger partial charge on any atom is 0.289 e. The first-order valence-electron chi connectivity index (χ1n) is 9.43. The van der Waals surface area contributed by atoms with Crippen LogP contribution in [-0.4, -0.2) is 29.4 Å². The predicted molar refractivity (Wildman–Crippen MR) is 120 cm³/mol. The van der Waals surface area contributed by atoms with Gasteiger partial charge in [-0.2, -0.15) is 10.2 Å². The van der Waals surface area contributed by atoms with Crippen LogP contribution in [-0.2, 0) is 0 Å². The van der Waals surface area contributed by atoms with E-state index in [0.29, 0.717) is 11.4 Å². The summed E-state index contributed by atoms with van der Waals surface area (Å²) >= 11 is 0. The number of methoxy groups -OCH3 is 1. The number of ether oxygens (including phenoxy) is 1. The molecular formula is C24H20N4O2. The van der Waals surface area contributed by atoms with E-state index < -0.39 is 0 Å². The number of allylic oxidation sites excluding steroid dienone is 1. The van der Waals surface area contributed by atoms with Gasteiger partial charge < -0.3 is 4.74 Å². The van der Waals surface area contributed by atoms with Crippen LogP contribution in [0, 0.1) is 0 Å². The maximum absolute atomic E-state index is 12.3. The van der Waals surface area contributed by atoms with E-state index in [9.17, 15) is 4.79 Å². The van der Waals surface area contributed by atoms with Gasteiger partial charge in [0.2, 0.25) is 0 Å². The van der Waals surface area contributed by atoms with Crippen LogP contribution in [0.15, 0.2) is 84.0 Å². The van der Waals surface area contributed by atoms with Crippen LogP contribution in [0.2, 0.25) is 0 Å². The van der Waals surface area contributed by atoms with E-state index in [1.807, 2.05) is 72.8 Å².